The molecule has 2 amide bonds. The van der Waals surface area contributed by atoms with Crippen LogP contribution in [0, 0.1) is 0 Å². The number of hydrogen-bond donors (Lipinski definition) is 4. The zero-order chi connectivity index (χ0) is 26.8. The molecule has 3 rings (SSSR count). The summed E-state index contributed by atoms with van der Waals surface area (Å²) in [6.07, 6.45) is 0.380. The van der Waals surface area contributed by atoms with Crippen LogP contribution in [-0.4, -0.2) is 53.3 Å². The van der Waals surface area contributed by atoms with Gasteiger partial charge in [0.05, 0.1) is 0 Å². The quantitative estimate of drug-likeness (QED) is 0.132. The molecule has 3 aromatic carbocycles. The third-order valence-corrected chi connectivity index (χ3v) is 17.3. The van der Waals surface area contributed by atoms with Gasteiger partial charge in [0.2, 0.25) is 0 Å². The molecular weight excluding hydrogens is 593 g/mol. The van der Waals surface area contributed by atoms with Crippen LogP contribution in [0.5, 0.6) is 0 Å². The molecule has 0 bridgehead atoms. The van der Waals surface area contributed by atoms with Crippen molar-refractivity contribution in [1.29, 1.82) is 0 Å². The summed E-state index contributed by atoms with van der Waals surface area (Å²) in [7, 11) is 2.59. The van der Waals surface area contributed by atoms with Gasteiger partial charge in [-0.1, -0.05) is 0 Å². The molecule has 0 heterocycles. The molecule has 37 heavy (non-hydrogen) atoms. The van der Waals surface area contributed by atoms with E-state index in [1.807, 2.05) is 54.6 Å². The van der Waals surface area contributed by atoms with Gasteiger partial charge in [-0.2, -0.15) is 0 Å². The van der Waals surface area contributed by atoms with Gasteiger partial charge in [-0.05, 0) is 0 Å². The fraction of sp³-hybridized carbons (Fsp3) is 0.192. The Kier molecular flexibility index (Phi) is 10.6. The first kappa shape index (κ1) is 29.2. The minimum atomic E-state index is -3.26. The minimum Gasteiger partial charge on any atom is -0.480 e. The van der Waals surface area contributed by atoms with E-state index in [9.17, 15) is 14.4 Å². The summed E-state index contributed by atoms with van der Waals surface area (Å²) in [5.74, 6) is -1.39. The van der Waals surface area contributed by atoms with Crippen LogP contribution in [0.1, 0.15) is 0 Å². The molecule has 0 aliphatic heterocycles. The van der Waals surface area contributed by atoms with Gasteiger partial charge in [0.15, 0.2) is 0 Å². The molecule has 3 aromatic rings. The second kappa shape index (κ2) is 13.4. The van der Waals surface area contributed by atoms with Gasteiger partial charge in [0.25, 0.3) is 0 Å². The molecule has 11 heteroatoms. The van der Waals surface area contributed by atoms with E-state index in [4.69, 9.17) is 10.8 Å². The van der Waals surface area contributed by atoms with Gasteiger partial charge in [0.1, 0.15) is 0 Å². The summed E-state index contributed by atoms with van der Waals surface area (Å²) >= 11 is 4.29. The van der Waals surface area contributed by atoms with Crippen molar-refractivity contribution in [3.8, 4) is 0 Å². The molecule has 0 unspecified atom stereocenters. The summed E-state index contributed by atoms with van der Waals surface area (Å²) < 4.78 is 0. The second-order valence-corrected chi connectivity index (χ2v) is 19.6. The first-order valence-electron chi connectivity index (χ1n) is 11.4. The van der Waals surface area contributed by atoms with Crippen LogP contribution < -0.4 is 32.3 Å². The third-order valence-electron chi connectivity index (χ3n) is 5.73. The predicted octanol–water partition coefficient (Wildman–Crippen LogP) is 2.81. The van der Waals surface area contributed by atoms with E-state index in [0.717, 1.165) is 15.9 Å². The zero-order valence-electron chi connectivity index (χ0n) is 20.0. The molecule has 7 nitrogen and oxygen atoms in total. The van der Waals surface area contributed by atoms with E-state index in [1.165, 1.54) is 21.6 Å². The number of carboxylic acids is 1. The predicted molar refractivity (Wildman–Crippen MR) is 161 cm³/mol. The Bertz CT molecular complexity index is 1110. The molecule has 0 aliphatic carbocycles. The first-order chi connectivity index (χ1) is 17.7. The average molecular weight is 623 g/mol. The monoisotopic (exact) mass is 621 g/mol. The van der Waals surface area contributed by atoms with Crippen molar-refractivity contribution in [2.24, 2.45) is 5.73 Å². The van der Waals surface area contributed by atoms with Crippen LogP contribution in [0.4, 0.5) is 0 Å². The molecule has 0 spiro atoms. The van der Waals surface area contributed by atoms with Gasteiger partial charge in [-0.25, -0.2) is 0 Å². The standard InChI is InChI=1S/C26H29BrN3O4PS2/c27-35(20-10-4-1-5-11-20,21-12-6-2-7-13-21,22-14-8-3-9-15-22)19-30-24(31)18-37-36-17-23(28)26(34)29-16-25(32)33/h1-15,23H,16-19,28H2,(H,29,34)(H,30,31)(H,32,33)/t23-/m0/s1. The van der Waals surface area contributed by atoms with E-state index in [0.29, 0.717) is 6.29 Å². The normalized spacial score (nSPS) is 13.1. The van der Waals surface area contributed by atoms with E-state index >= 15 is 0 Å². The van der Waals surface area contributed by atoms with Gasteiger partial charge < -0.3 is 5.11 Å². The number of aliphatic carboxylic acids is 1. The first-order valence-corrected chi connectivity index (χ1v) is 18.3. The Hall–Kier alpha value is -2.36. The number of benzene rings is 3. The van der Waals surface area contributed by atoms with Crippen molar-refractivity contribution in [2.75, 3.05) is 24.3 Å². The van der Waals surface area contributed by atoms with Gasteiger partial charge in [0, 0.05) is 0 Å². The van der Waals surface area contributed by atoms with Gasteiger partial charge in [-0.15, -0.1) is 0 Å². The number of rotatable bonds is 13. The maximum absolute atomic E-state index is 13.0. The Morgan fingerprint density at radius 2 is 1.27 bits per heavy atom. The van der Waals surface area contributed by atoms with Crippen molar-refractivity contribution in [1.82, 2.24) is 10.6 Å². The summed E-state index contributed by atoms with van der Waals surface area (Å²) in [5.41, 5.74) is 5.81. The van der Waals surface area contributed by atoms with Crippen LogP contribution in [-0.2, 0) is 14.4 Å². The summed E-state index contributed by atoms with van der Waals surface area (Å²) in [4.78, 5) is 35.4. The fourth-order valence-corrected chi connectivity index (χ4v) is 12.6. The van der Waals surface area contributed by atoms with Crippen molar-refractivity contribution in [3.05, 3.63) is 91.0 Å². The van der Waals surface area contributed by atoms with Crippen LogP contribution in [0.2, 0.25) is 0 Å². The number of carboxylic acid groups (broad SMARTS) is 1. The number of amides is 2. The number of hydrogen-bond acceptors (Lipinski definition) is 6. The minimum absolute atomic E-state index is 0.141. The Labute approximate surface area is 232 Å². The van der Waals surface area contributed by atoms with Crippen LogP contribution in [0.3, 0.4) is 0 Å². The molecule has 1 atom stereocenters. The second-order valence-electron chi connectivity index (χ2n) is 8.21. The van der Waals surface area contributed by atoms with Crippen molar-refractivity contribution in [2.45, 2.75) is 6.04 Å². The topological polar surface area (TPSA) is 122 Å². The third kappa shape index (κ3) is 7.15. The molecular formula is C26H29BrN3O4PS2. The van der Waals surface area contributed by atoms with Gasteiger partial charge in [-0.3, -0.25) is 4.79 Å². The molecule has 196 valence electrons. The van der Waals surface area contributed by atoms with Crippen molar-refractivity contribution >= 4 is 76.1 Å². The van der Waals surface area contributed by atoms with E-state index in [2.05, 4.69) is 62.5 Å². The average Bonchev–Trinajstić information content (AvgIpc) is 2.94. The smallest absolute Gasteiger partial charge is 0.480 e. The van der Waals surface area contributed by atoms with Crippen LogP contribution >= 0.6 is 42.4 Å². The SMILES string of the molecule is N[C@@H](CSSCC(=O)NCP(Br)(c1ccccc1)(c1ccccc1)c1ccccc1)C(=O)NCC(=O)O. The Morgan fingerprint density at radius 3 is 1.70 bits per heavy atom. The summed E-state index contributed by atoms with van der Waals surface area (Å²) in [5, 5.41) is 14.1. The Morgan fingerprint density at radius 1 is 0.811 bits per heavy atom. The Balaban J connectivity index is 1.74. The van der Waals surface area contributed by atoms with Crippen LogP contribution in [0.25, 0.3) is 0 Å². The van der Waals surface area contributed by atoms with E-state index in [-0.39, 0.29) is 17.4 Å². The molecule has 0 saturated carbocycles. The number of carbonyl (C=O) groups excluding carboxylic acids is 2. The molecule has 0 saturated heterocycles. The fourth-order valence-electron chi connectivity index (χ4n) is 3.81. The van der Waals surface area contributed by atoms with Crippen molar-refractivity contribution < 1.29 is 19.5 Å². The van der Waals surface area contributed by atoms with Gasteiger partial charge >= 0.3 is 223 Å². The summed E-state index contributed by atoms with van der Waals surface area (Å²) in [6, 6.07) is 29.7. The molecule has 5 N–H and O–H groups in total. The number of carbonyl (C=O) groups is 3. The maximum atomic E-state index is 13.0. The number of nitrogens with two attached hydrogens (primary N) is 1. The molecule has 0 radical (unpaired) electrons. The molecule has 0 aromatic heterocycles. The molecule has 0 fully saturated rings. The summed E-state index contributed by atoms with van der Waals surface area (Å²) in [6.45, 7) is -0.477. The van der Waals surface area contributed by atoms with Crippen LogP contribution in [0.15, 0.2) is 91.0 Å². The van der Waals surface area contributed by atoms with E-state index in [1.54, 1.807) is 0 Å². The van der Waals surface area contributed by atoms with E-state index < -0.39 is 29.8 Å². The van der Waals surface area contributed by atoms with Crippen molar-refractivity contribution in [3.63, 3.8) is 0 Å². The number of halogens is 1. The zero-order valence-corrected chi connectivity index (χ0v) is 24.1. The molecule has 0 aliphatic rings. The number of nitrogens with one attached hydrogen (secondary N) is 2.